The minimum absolute atomic E-state index is 0.198. The van der Waals surface area contributed by atoms with Crippen molar-refractivity contribution in [1.29, 1.82) is 0 Å². The second kappa shape index (κ2) is 7.79. The standard InChI is InChI=1S/C24H18N6O/c1-2-25-24(31)18-8-6-17(7-9-18)21-11-12-22-27-28-23(30(22)29-21)15-16-5-10-20-19(14-16)4-3-13-26-20/h2-14H,1,15H2,(H,25,31). The summed E-state index contributed by atoms with van der Waals surface area (Å²) < 4.78 is 1.76. The summed E-state index contributed by atoms with van der Waals surface area (Å²) in [4.78, 5) is 16.3. The maximum atomic E-state index is 11.9. The van der Waals surface area contributed by atoms with E-state index in [1.807, 2.05) is 48.5 Å². The van der Waals surface area contributed by atoms with E-state index in [0.29, 0.717) is 17.6 Å². The number of benzene rings is 2. The number of aromatic nitrogens is 5. The van der Waals surface area contributed by atoms with Crippen LogP contribution in [-0.2, 0) is 6.42 Å². The lowest BCUT2D eigenvalue weighted by Gasteiger charge is -2.06. The molecule has 5 rings (SSSR count). The Morgan fingerprint density at radius 2 is 1.90 bits per heavy atom. The van der Waals surface area contributed by atoms with Crippen molar-refractivity contribution in [3.63, 3.8) is 0 Å². The van der Waals surface area contributed by atoms with Gasteiger partial charge in [-0.3, -0.25) is 9.78 Å². The van der Waals surface area contributed by atoms with Gasteiger partial charge in [0.2, 0.25) is 0 Å². The van der Waals surface area contributed by atoms with Crippen LogP contribution in [0.15, 0.2) is 85.7 Å². The van der Waals surface area contributed by atoms with Crippen molar-refractivity contribution in [3.05, 3.63) is 103 Å². The van der Waals surface area contributed by atoms with Gasteiger partial charge >= 0.3 is 0 Å². The molecule has 3 heterocycles. The molecular weight excluding hydrogens is 388 g/mol. The number of hydrogen-bond donors (Lipinski definition) is 1. The Kier molecular flexibility index (Phi) is 4.68. The number of rotatable bonds is 5. The van der Waals surface area contributed by atoms with Gasteiger partial charge in [-0.25, -0.2) is 0 Å². The molecule has 0 unspecified atom stereocenters. The van der Waals surface area contributed by atoms with E-state index >= 15 is 0 Å². The molecule has 31 heavy (non-hydrogen) atoms. The molecule has 2 aromatic carbocycles. The summed E-state index contributed by atoms with van der Waals surface area (Å²) in [7, 11) is 0. The number of carbonyl (C=O) groups is 1. The van der Waals surface area contributed by atoms with Crippen molar-refractivity contribution < 1.29 is 4.79 Å². The molecule has 5 aromatic rings. The summed E-state index contributed by atoms with van der Waals surface area (Å²) in [5.74, 6) is 0.554. The molecule has 0 spiro atoms. The number of amides is 1. The van der Waals surface area contributed by atoms with Crippen molar-refractivity contribution in [2.45, 2.75) is 6.42 Å². The molecule has 0 saturated heterocycles. The molecular formula is C24H18N6O. The number of hydrogen-bond acceptors (Lipinski definition) is 5. The first kappa shape index (κ1) is 18.6. The minimum atomic E-state index is -0.198. The summed E-state index contributed by atoms with van der Waals surface area (Å²) in [6.07, 6.45) is 3.76. The number of pyridine rings is 1. The topological polar surface area (TPSA) is 85.1 Å². The fraction of sp³-hybridized carbons (Fsp3) is 0.0417. The van der Waals surface area contributed by atoms with Gasteiger partial charge in [-0.15, -0.1) is 10.2 Å². The monoisotopic (exact) mass is 406 g/mol. The Balaban J connectivity index is 1.46. The highest BCUT2D eigenvalue weighted by Gasteiger charge is 2.11. The van der Waals surface area contributed by atoms with Crippen molar-refractivity contribution in [3.8, 4) is 11.3 Å². The fourth-order valence-corrected chi connectivity index (χ4v) is 3.48. The third-order valence-corrected chi connectivity index (χ3v) is 5.03. The van der Waals surface area contributed by atoms with Crippen molar-refractivity contribution in [2.75, 3.05) is 0 Å². The molecule has 1 N–H and O–H groups in total. The average molecular weight is 406 g/mol. The van der Waals surface area contributed by atoms with Crippen LogP contribution < -0.4 is 5.32 Å². The summed E-state index contributed by atoms with van der Waals surface area (Å²) in [6, 6.07) is 21.2. The largest absolute Gasteiger partial charge is 0.329 e. The Morgan fingerprint density at radius 3 is 2.74 bits per heavy atom. The van der Waals surface area contributed by atoms with Gasteiger partial charge in [0.1, 0.15) is 0 Å². The summed E-state index contributed by atoms with van der Waals surface area (Å²) in [5.41, 5.74) is 4.98. The number of nitrogens with one attached hydrogen (secondary N) is 1. The maximum Gasteiger partial charge on any atom is 0.255 e. The number of fused-ring (bicyclic) bond motifs is 2. The lowest BCUT2D eigenvalue weighted by molar-refractivity contribution is 0.0970. The Hall–Kier alpha value is -4.39. The van der Waals surface area contributed by atoms with E-state index in [4.69, 9.17) is 5.10 Å². The third kappa shape index (κ3) is 3.64. The highest BCUT2D eigenvalue weighted by Crippen LogP contribution is 2.20. The zero-order valence-corrected chi connectivity index (χ0v) is 16.6. The van der Waals surface area contributed by atoms with Crippen LogP contribution in [0.1, 0.15) is 21.7 Å². The maximum absolute atomic E-state index is 11.9. The predicted molar refractivity (Wildman–Crippen MR) is 118 cm³/mol. The molecule has 0 aliphatic carbocycles. The Morgan fingerprint density at radius 1 is 1.03 bits per heavy atom. The Labute approximate surface area is 178 Å². The summed E-state index contributed by atoms with van der Waals surface area (Å²) >= 11 is 0. The smallest absolute Gasteiger partial charge is 0.255 e. The lowest BCUT2D eigenvalue weighted by Crippen LogP contribution is -2.16. The van der Waals surface area contributed by atoms with E-state index < -0.39 is 0 Å². The second-order valence-electron chi connectivity index (χ2n) is 7.07. The zero-order valence-electron chi connectivity index (χ0n) is 16.6. The van der Waals surface area contributed by atoms with E-state index in [-0.39, 0.29) is 5.91 Å². The normalized spacial score (nSPS) is 11.0. The van der Waals surface area contributed by atoms with Gasteiger partial charge in [0, 0.05) is 29.1 Å². The van der Waals surface area contributed by atoms with Crippen molar-refractivity contribution in [1.82, 2.24) is 30.1 Å². The van der Waals surface area contributed by atoms with Crippen molar-refractivity contribution in [2.24, 2.45) is 0 Å². The first-order valence-electron chi connectivity index (χ1n) is 9.78. The first-order chi connectivity index (χ1) is 15.2. The second-order valence-corrected chi connectivity index (χ2v) is 7.07. The molecule has 3 aromatic heterocycles. The highest BCUT2D eigenvalue weighted by atomic mass is 16.1. The van der Waals surface area contributed by atoms with Gasteiger partial charge < -0.3 is 5.32 Å². The number of nitrogens with zero attached hydrogens (tertiary/aromatic N) is 5. The molecule has 0 saturated carbocycles. The van der Waals surface area contributed by atoms with E-state index in [1.54, 1.807) is 22.8 Å². The van der Waals surface area contributed by atoms with Crippen LogP contribution in [0, 0.1) is 0 Å². The lowest BCUT2D eigenvalue weighted by atomic mass is 10.1. The van der Waals surface area contributed by atoms with Gasteiger partial charge in [0.25, 0.3) is 5.91 Å². The fourth-order valence-electron chi connectivity index (χ4n) is 3.48. The third-order valence-electron chi connectivity index (χ3n) is 5.03. The van der Waals surface area contributed by atoms with Crippen LogP contribution in [0.25, 0.3) is 27.8 Å². The molecule has 7 nitrogen and oxygen atoms in total. The van der Waals surface area contributed by atoms with E-state index in [0.717, 1.165) is 33.5 Å². The highest BCUT2D eigenvalue weighted by molar-refractivity contribution is 5.95. The SMILES string of the molecule is C=CNC(=O)c1ccc(-c2ccc3nnc(Cc4ccc5ncccc5c4)n3n2)cc1. The summed E-state index contributed by atoms with van der Waals surface area (Å²) in [6.45, 7) is 3.51. The van der Waals surface area contributed by atoms with Crippen LogP contribution in [-0.4, -0.2) is 30.7 Å². The molecule has 0 bridgehead atoms. The van der Waals surface area contributed by atoms with Gasteiger partial charge in [-0.1, -0.05) is 30.8 Å². The minimum Gasteiger partial charge on any atom is -0.329 e. The molecule has 0 fully saturated rings. The predicted octanol–water partition coefficient (Wildman–Crippen LogP) is 3.80. The first-order valence-corrected chi connectivity index (χ1v) is 9.78. The van der Waals surface area contributed by atoms with Gasteiger partial charge in [-0.2, -0.15) is 9.61 Å². The van der Waals surface area contributed by atoms with Gasteiger partial charge in [0.05, 0.1) is 11.2 Å². The van der Waals surface area contributed by atoms with Crippen LogP contribution in [0.5, 0.6) is 0 Å². The van der Waals surface area contributed by atoms with Gasteiger partial charge in [0.15, 0.2) is 11.5 Å². The van der Waals surface area contributed by atoms with E-state index in [9.17, 15) is 4.79 Å². The van der Waals surface area contributed by atoms with E-state index in [2.05, 4.69) is 33.1 Å². The Bertz CT molecular complexity index is 1420. The summed E-state index contributed by atoms with van der Waals surface area (Å²) in [5, 5.41) is 17.0. The zero-order chi connectivity index (χ0) is 21.2. The van der Waals surface area contributed by atoms with Crippen molar-refractivity contribution >= 4 is 22.5 Å². The van der Waals surface area contributed by atoms with Crippen LogP contribution in [0.4, 0.5) is 0 Å². The van der Waals surface area contributed by atoms with Crippen LogP contribution >= 0.6 is 0 Å². The molecule has 0 aliphatic rings. The molecule has 7 heteroatoms. The molecule has 150 valence electrons. The van der Waals surface area contributed by atoms with Crippen LogP contribution in [0.3, 0.4) is 0 Å². The molecule has 1 amide bonds. The average Bonchev–Trinajstić information content (AvgIpc) is 3.21. The molecule has 0 radical (unpaired) electrons. The molecule has 0 atom stereocenters. The van der Waals surface area contributed by atoms with Crippen LogP contribution in [0.2, 0.25) is 0 Å². The number of carbonyl (C=O) groups excluding carboxylic acids is 1. The quantitative estimate of drug-likeness (QED) is 0.480. The molecule has 0 aliphatic heterocycles. The van der Waals surface area contributed by atoms with Gasteiger partial charge in [-0.05, 0) is 54.2 Å². The van der Waals surface area contributed by atoms with E-state index in [1.165, 1.54) is 6.20 Å².